The third-order valence-corrected chi connectivity index (χ3v) is 3.30. The van der Waals surface area contributed by atoms with Crippen LogP contribution in [0.3, 0.4) is 0 Å². The van der Waals surface area contributed by atoms with E-state index in [0.29, 0.717) is 0 Å². The van der Waals surface area contributed by atoms with Crippen LogP contribution in [0.2, 0.25) is 0 Å². The molecule has 0 aliphatic carbocycles. The van der Waals surface area contributed by atoms with Crippen molar-refractivity contribution in [2.75, 3.05) is 55.6 Å². The van der Waals surface area contributed by atoms with E-state index < -0.39 is 9.05 Å². The Morgan fingerprint density at radius 2 is 0.765 bits per heavy atom. The molecule has 0 fully saturated rings. The molecule has 0 saturated carbocycles. The van der Waals surface area contributed by atoms with Gasteiger partial charge in [0.1, 0.15) is 27.2 Å². The van der Waals surface area contributed by atoms with Gasteiger partial charge in [0, 0.05) is 28.4 Å². The molecule has 17 heavy (non-hydrogen) atoms. The van der Waals surface area contributed by atoms with Gasteiger partial charge in [0.15, 0.2) is 0 Å². The van der Waals surface area contributed by atoms with Crippen LogP contribution in [0.4, 0.5) is 0 Å². The van der Waals surface area contributed by atoms with Crippen LogP contribution in [0.15, 0.2) is 0 Å². The van der Waals surface area contributed by atoms with E-state index in [2.05, 4.69) is 0 Å². The second-order valence-corrected chi connectivity index (χ2v) is 4.86. The summed E-state index contributed by atoms with van der Waals surface area (Å²) in [6.45, 7) is -0.153. The van der Waals surface area contributed by atoms with Crippen molar-refractivity contribution in [1.82, 2.24) is 0 Å². The van der Waals surface area contributed by atoms with Crippen molar-refractivity contribution in [1.29, 1.82) is 0 Å². The van der Waals surface area contributed by atoms with Crippen LogP contribution in [-0.4, -0.2) is 64.7 Å². The molecule has 0 aromatic carbocycles. The van der Waals surface area contributed by atoms with Crippen molar-refractivity contribution in [3.63, 3.8) is 0 Å². The molecule has 0 unspecified atom stereocenters. The van der Waals surface area contributed by atoms with Gasteiger partial charge in [0.05, 0.1) is 0 Å². The highest BCUT2D eigenvalue weighted by molar-refractivity contribution is 6.53. The minimum absolute atomic E-state index is 0.0383. The Hall–Kier alpha value is -0.103. The molecule has 0 amide bonds. The number of hydrogen-bond donors (Lipinski definition) is 0. The summed E-state index contributed by atoms with van der Waals surface area (Å²) in [4.78, 5) is 0. The first-order chi connectivity index (χ1) is 8.24. The van der Waals surface area contributed by atoms with Crippen LogP contribution in [0.5, 0.6) is 0 Å². The molecular formula is C8H20O8Si. The molecular weight excluding hydrogens is 252 g/mol. The van der Waals surface area contributed by atoms with Gasteiger partial charge in [-0.05, 0) is 0 Å². The normalized spacial score (nSPS) is 12.0. The Bertz CT molecular complexity index is 132. The van der Waals surface area contributed by atoms with Gasteiger partial charge < -0.3 is 36.7 Å². The molecule has 0 radical (unpaired) electrons. The molecule has 8 nitrogen and oxygen atoms in total. The van der Waals surface area contributed by atoms with Crippen LogP contribution >= 0.6 is 0 Å². The summed E-state index contributed by atoms with van der Waals surface area (Å²) in [6, 6.07) is 0. The fourth-order valence-electron chi connectivity index (χ4n) is 0.774. The van der Waals surface area contributed by atoms with Crippen molar-refractivity contribution >= 4 is 9.05 Å². The predicted octanol–water partition coefficient (Wildman–Crippen LogP) is -0.0960. The van der Waals surface area contributed by atoms with Gasteiger partial charge in [-0.15, -0.1) is 0 Å². The first-order valence-corrected chi connectivity index (χ1v) is 6.39. The Morgan fingerprint density at radius 3 is 0.941 bits per heavy atom. The Morgan fingerprint density at radius 1 is 0.529 bits per heavy atom. The Balaban J connectivity index is 4.39. The fourth-order valence-corrected chi connectivity index (χ4v) is 2.32. The van der Waals surface area contributed by atoms with Crippen molar-refractivity contribution in [2.45, 2.75) is 0 Å². The van der Waals surface area contributed by atoms with E-state index in [-0.39, 0.29) is 27.2 Å². The minimum Gasteiger partial charge on any atom is -0.359 e. The van der Waals surface area contributed by atoms with E-state index in [1.807, 2.05) is 0 Å². The standard InChI is InChI=1S/C8H20O8Si/c1-9-5-13-17(14-6-10-2,15-7-11-3)16-8-12-4/h5-8H2,1-4H3. The van der Waals surface area contributed by atoms with Gasteiger partial charge in [0.2, 0.25) is 0 Å². The lowest BCUT2D eigenvalue weighted by atomic mass is 11.4. The van der Waals surface area contributed by atoms with Crippen LogP contribution in [0.1, 0.15) is 0 Å². The molecule has 0 aromatic rings. The first-order valence-electron chi connectivity index (χ1n) is 4.76. The highest BCUT2D eigenvalue weighted by Gasteiger charge is 2.46. The summed E-state index contributed by atoms with van der Waals surface area (Å²) >= 11 is 0. The number of hydrogen-bond acceptors (Lipinski definition) is 8. The molecule has 0 spiro atoms. The van der Waals surface area contributed by atoms with Gasteiger partial charge >= 0.3 is 9.05 Å². The van der Waals surface area contributed by atoms with Crippen molar-refractivity contribution < 1.29 is 36.7 Å². The molecule has 0 atom stereocenters. The van der Waals surface area contributed by atoms with Crippen molar-refractivity contribution in [2.24, 2.45) is 0 Å². The van der Waals surface area contributed by atoms with Crippen LogP contribution in [0, 0.1) is 0 Å². The first kappa shape index (κ1) is 16.9. The minimum atomic E-state index is -3.38. The predicted molar refractivity (Wildman–Crippen MR) is 57.6 cm³/mol. The third kappa shape index (κ3) is 7.75. The monoisotopic (exact) mass is 272 g/mol. The molecule has 0 aliphatic rings. The highest BCUT2D eigenvalue weighted by Crippen LogP contribution is 2.12. The summed E-state index contributed by atoms with van der Waals surface area (Å²) < 4.78 is 40.3. The molecule has 0 bridgehead atoms. The van der Waals surface area contributed by atoms with Crippen LogP contribution in [-0.2, 0) is 36.7 Å². The maximum atomic E-state index is 5.30. The van der Waals surface area contributed by atoms with E-state index in [1.165, 1.54) is 28.4 Å². The molecule has 0 aliphatic heterocycles. The van der Waals surface area contributed by atoms with E-state index in [9.17, 15) is 0 Å². The molecule has 0 rings (SSSR count). The van der Waals surface area contributed by atoms with Crippen molar-refractivity contribution in [3.05, 3.63) is 0 Å². The SMILES string of the molecule is COCO[Si](OCOC)(OCOC)OCOC. The maximum absolute atomic E-state index is 5.30. The van der Waals surface area contributed by atoms with Gasteiger partial charge in [-0.3, -0.25) is 0 Å². The fraction of sp³-hybridized carbons (Fsp3) is 1.00. The Labute approximate surface area is 102 Å². The van der Waals surface area contributed by atoms with Gasteiger partial charge in [0.25, 0.3) is 0 Å². The topological polar surface area (TPSA) is 73.8 Å². The largest absolute Gasteiger partial charge is 0.686 e. The number of ether oxygens (including phenoxy) is 4. The zero-order valence-electron chi connectivity index (χ0n) is 10.6. The van der Waals surface area contributed by atoms with Gasteiger partial charge in [-0.2, -0.15) is 0 Å². The lowest BCUT2D eigenvalue weighted by Gasteiger charge is -2.26. The lowest BCUT2D eigenvalue weighted by Crippen LogP contribution is -2.50. The van der Waals surface area contributed by atoms with Gasteiger partial charge in [-0.25, -0.2) is 0 Å². The van der Waals surface area contributed by atoms with Crippen LogP contribution in [0.25, 0.3) is 0 Å². The molecule has 9 heteroatoms. The average molecular weight is 272 g/mol. The highest BCUT2D eigenvalue weighted by atomic mass is 28.4. The summed E-state index contributed by atoms with van der Waals surface area (Å²) in [5.74, 6) is 0. The molecule has 0 N–H and O–H groups in total. The molecule has 104 valence electrons. The summed E-state index contributed by atoms with van der Waals surface area (Å²) in [5.41, 5.74) is 0. The third-order valence-electron chi connectivity index (χ3n) is 1.41. The summed E-state index contributed by atoms with van der Waals surface area (Å²) in [5, 5.41) is 0. The lowest BCUT2D eigenvalue weighted by molar-refractivity contribution is -0.150. The zero-order valence-corrected chi connectivity index (χ0v) is 11.6. The second kappa shape index (κ2) is 11.0. The van der Waals surface area contributed by atoms with E-state index >= 15 is 0 Å². The van der Waals surface area contributed by atoms with E-state index in [1.54, 1.807) is 0 Å². The average Bonchev–Trinajstić information content (AvgIpc) is 2.37. The molecule has 0 aromatic heterocycles. The van der Waals surface area contributed by atoms with E-state index in [4.69, 9.17) is 36.7 Å². The summed E-state index contributed by atoms with van der Waals surface area (Å²) in [6.07, 6.45) is 0. The maximum Gasteiger partial charge on any atom is 0.686 e. The second-order valence-electron chi connectivity index (χ2n) is 2.70. The number of methoxy groups -OCH3 is 4. The summed E-state index contributed by atoms with van der Waals surface area (Å²) in [7, 11) is 2.52. The quantitative estimate of drug-likeness (QED) is 0.360. The Kier molecular flexibility index (Phi) is 10.9. The van der Waals surface area contributed by atoms with Crippen molar-refractivity contribution in [3.8, 4) is 0 Å². The van der Waals surface area contributed by atoms with Gasteiger partial charge in [-0.1, -0.05) is 0 Å². The smallest absolute Gasteiger partial charge is 0.359 e. The van der Waals surface area contributed by atoms with E-state index in [0.717, 1.165) is 0 Å². The molecule has 0 heterocycles. The molecule has 0 saturated heterocycles. The van der Waals surface area contributed by atoms with Crippen LogP contribution < -0.4 is 0 Å². The zero-order chi connectivity index (χ0) is 13.0. The number of rotatable bonds is 12.